The van der Waals surface area contributed by atoms with Gasteiger partial charge in [-0.2, -0.15) is 0 Å². The maximum atomic E-state index is 5.90. The van der Waals surface area contributed by atoms with Gasteiger partial charge >= 0.3 is 0 Å². The smallest absolute Gasteiger partial charge is 0.193 e. The molecule has 2 aliphatic heterocycles. The summed E-state index contributed by atoms with van der Waals surface area (Å²) in [5, 5.41) is 3.43. The Morgan fingerprint density at radius 1 is 1.22 bits per heavy atom. The van der Waals surface area contributed by atoms with Crippen molar-refractivity contribution in [3.63, 3.8) is 0 Å². The van der Waals surface area contributed by atoms with E-state index in [0.717, 1.165) is 77.1 Å². The minimum absolute atomic E-state index is 0. The van der Waals surface area contributed by atoms with Crippen LogP contribution >= 0.6 is 24.0 Å². The SMILES string of the molecule is CCNC(=NCCCOC1CCOCC1)N1CCC(C)CC1.I. The average molecular weight is 439 g/mol. The summed E-state index contributed by atoms with van der Waals surface area (Å²) in [6.45, 7) is 11.0. The Bertz CT molecular complexity index is 328. The average Bonchev–Trinajstić information content (AvgIpc) is 2.55. The molecule has 0 aromatic carbocycles. The summed E-state index contributed by atoms with van der Waals surface area (Å²) >= 11 is 0. The third-order valence-corrected chi connectivity index (χ3v) is 4.50. The number of nitrogens with zero attached hydrogens (tertiary/aromatic N) is 2. The number of aliphatic imine (C=N–C) groups is 1. The molecule has 23 heavy (non-hydrogen) atoms. The highest BCUT2D eigenvalue weighted by Gasteiger charge is 2.18. The van der Waals surface area contributed by atoms with E-state index in [4.69, 9.17) is 14.5 Å². The summed E-state index contributed by atoms with van der Waals surface area (Å²) in [5.74, 6) is 1.94. The minimum atomic E-state index is 0. The van der Waals surface area contributed by atoms with Crippen LogP contribution in [0.4, 0.5) is 0 Å². The molecule has 2 rings (SSSR count). The van der Waals surface area contributed by atoms with Crippen LogP contribution in [0.5, 0.6) is 0 Å². The van der Waals surface area contributed by atoms with E-state index in [0.29, 0.717) is 6.10 Å². The van der Waals surface area contributed by atoms with Crippen LogP contribution in [0, 0.1) is 5.92 Å². The van der Waals surface area contributed by atoms with Crippen molar-refractivity contribution in [3.05, 3.63) is 0 Å². The summed E-state index contributed by atoms with van der Waals surface area (Å²) < 4.78 is 11.2. The molecule has 2 fully saturated rings. The Balaban J connectivity index is 0.00000264. The van der Waals surface area contributed by atoms with E-state index >= 15 is 0 Å². The van der Waals surface area contributed by atoms with Crippen molar-refractivity contribution in [2.24, 2.45) is 10.9 Å². The normalized spacial score (nSPS) is 21.1. The number of nitrogens with one attached hydrogen (secondary N) is 1. The van der Waals surface area contributed by atoms with Gasteiger partial charge in [-0.25, -0.2) is 0 Å². The summed E-state index contributed by atoms with van der Waals surface area (Å²) in [6.07, 6.45) is 6.02. The van der Waals surface area contributed by atoms with E-state index in [1.54, 1.807) is 0 Å². The zero-order valence-electron chi connectivity index (χ0n) is 14.8. The van der Waals surface area contributed by atoms with Crippen molar-refractivity contribution in [3.8, 4) is 0 Å². The fourth-order valence-corrected chi connectivity index (χ4v) is 2.99. The molecule has 0 bridgehead atoms. The number of hydrogen-bond acceptors (Lipinski definition) is 3. The lowest BCUT2D eigenvalue weighted by molar-refractivity contribution is -0.0318. The van der Waals surface area contributed by atoms with Crippen LogP contribution < -0.4 is 5.32 Å². The first-order valence-corrected chi connectivity index (χ1v) is 9.02. The van der Waals surface area contributed by atoms with Gasteiger partial charge in [-0.05, 0) is 44.9 Å². The van der Waals surface area contributed by atoms with Crippen LogP contribution in [0.15, 0.2) is 4.99 Å². The summed E-state index contributed by atoms with van der Waals surface area (Å²) in [5.41, 5.74) is 0. The first-order chi connectivity index (χ1) is 10.8. The molecule has 0 radical (unpaired) electrons. The molecule has 0 aromatic heterocycles. The monoisotopic (exact) mass is 439 g/mol. The lowest BCUT2D eigenvalue weighted by Gasteiger charge is -2.33. The molecule has 0 unspecified atom stereocenters. The molecule has 5 nitrogen and oxygen atoms in total. The van der Waals surface area contributed by atoms with E-state index < -0.39 is 0 Å². The fraction of sp³-hybridized carbons (Fsp3) is 0.941. The van der Waals surface area contributed by atoms with Crippen molar-refractivity contribution in [1.82, 2.24) is 10.2 Å². The van der Waals surface area contributed by atoms with Gasteiger partial charge in [-0.15, -0.1) is 24.0 Å². The third kappa shape index (κ3) is 8.03. The molecule has 2 aliphatic rings. The Morgan fingerprint density at radius 2 is 1.91 bits per heavy atom. The maximum Gasteiger partial charge on any atom is 0.193 e. The van der Waals surface area contributed by atoms with Gasteiger partial charge in [0, 0.05) is 46.0 Å². The lowest BCUT2D eigenvalue weighted by Crippen LogP contribution is -2.45. The molecule has 1 N–H and O–H groups in total. The molecule has 0 aromatic rings. The van der Waals surface area contributed by atoms with E-state index in [9.17, 15) is 0 Å². The maximum absolute atomic E-state index is 5.90. The van der Waals surface area contributed by atoms with Gasteiger partial charge in [0.25, 0.3) is 0 Å². The molecule has 0 spiro atoms. The molecule has 2 saturated heterocycles. The molecule has 0 amide bonds. The fourth-order valence-electron chi connectivity index (χ4n) is 2.99. The number of likely N-dealkylation sites (tertiary alicyclic amines) is 1. The number of piperidine rings is 1. The highest BCUT2D eigenvalue weighted by molar-refractivity contribution is 14.0. The second kappa shape index (κ2) is 12.3. The Labute approximate surface area is 158 Å². The van der Waals surface area contributed by atoms with Crippen LogP contribution in [0.1, 0.15) is 46.0 Å². The quantitative estimate of drug-likeness (QED) is 0.299. The van der Waals surface area contributed by atoms with Crippen molar-refractivity contribution in [1.29, 1.82) is 0 Å². The molecular formula is C17H34IN3O2. The van der Waals surface area contributed by atoms with Crippen LogP contribution in [-0.4, -0.2) is 63.0 Å². The van der Waals surface area contributed by atoms with Crippen LogP contribution in [-0.2, 0) is 9.47 Å². The minimum Gasteiger partial charge on any atom is -0.381 e. The van der Waals surface area contributed by atoms with Gasteiger partial charge < -0.3 is 19.7 Å². The lowest BCUT2D eigenvalue weighted by atomic mass is 10.00. The van der Waals surface area contributed by atoms with Crippen molar-refractivity contribution in [2.75, 3.05) is 46.0 Å². The predicted molar refractivity (Wildman–Crippen MR) is 106 cm³/mol. The number of hydrogen-bond donors (Lipinski definition) is 1. The molecule has 0 atom stereocenters. The molecule has 136 valence electrons. The summed E-state index contributed by atoms with van der Waals surface area (Å²) in [4.78, 5) is 7.18. The molecule has 6 heteroatoms. The van der Waals surface area contributed by atoms with E-state index in [1.165, 1.54) is 12.8 Å². The second-order valence-corrected chi connectivity index (χ2v) is 6.44. The van der Waals surface area contributed by atoms with Crippen molar-refractivity contribution in [2.45, 2.75) is 52.1 Å². The predicted octanol–water partition coefficient (Wildman–Crippen LogP) is 2.89. The summed E-state index contributed by atoms with van der Waals surface area (Å²) in [7, 11) is 0. The van der Waals surface area contributed by atoms with Gasteiger partial charge in [0.05, 0.1) is 6.10 Å². The second-order valence-electron chi connectivity index (χ2n) is 6.44. The zero-order chi connectivity index (χ0) is 15.6. The Morgan fingerprint density at radius 3 is 2.57 bits per heavy atom. The topological polar surface area (TPSA) is 46.1 Å². The Hall–Kier alpha value is -0.0800. The van der Waals surface area contributed by atoms with Gasteiger partial charge in [-0.3, -0.25) is 4.99 Å². The van der Waals surface area contributed by atoms with Gasteiger partial charge in [0.2, 0.25) is 0 Å². The van der Waals surface area contributed by atoms with Gasteiger partial charge in [0.15, 0.2) is 5.96 Å². The van der Waals surface area contributed by atoms with Gasteiger partial charge in [-0.1, -0.05) is 6.92 Å². The molecule has 0 saturated carbocycles. The largest absolute Gasteiger partial charge is 0.381 e. The molecular weight excluding hydrogens is 405 g/mol. The highest BCUT2D eigenvalue weighted by Crippen LogP contribution is 2.16. The van der Waals surface area contributed by atoms with Gasteiger partial charge in [0.1, 0.15) is 0 Å². The number of rotatable bonds is 6. The molecule has 2 heterocycles. The number of ether oxygens (including phenoxy) is 2. The van der Waals surface area contributed by atoms with Crippen LogP contribution in [0.3, 0.4) is 0 Å². The van der Waals surface area contributed by atoms with Crippen LogP contribution in [0.25, 0.3) is 0 Å². The van der Waals surface area contributed by atoms with Crippen LogP contribution in [0.2, 0.25) is 0 Å². The first-order valence-electron chi connectivity index (χ1n) is 9.02. The zero-order valence-corrected chi connectivity index (χ0v) is 17.1. The third-order valence-electron chi connectivity index (χ3n) is 4.50. The van der Waals surface area contributed by atoms with E-state index in [2.05, 4.69) is 24.1 Å². The van der Waals surface area contributed by atoms with Crippen molar-refractivity contribution >= 4 is 29.9 Å². The van der Waals surface area contributed by atoms with Crippen molar-refractivity contribution < 1.29 is 9.47 Å². The number of halogens is 1. The Kier molecular flexibility index (Phi) is 11.2. The number of guanidine groups is 1. The first kappa shape index (κ1) is 21.0. The standard InChI is InChI=1S/C17H33N3O2.HI/c1-3-18-17(20-10-5-15(2)6-11-20)19-9-4-12-22-16-7-13-21-14-8-16;/h15-16H,3-14H2,1-2H3,(H,18,19);1H. The van der Waals surface area contributed by atoms with E-state index in [-0.39, 0.29) is 24.0 Å². The summed E-state index contributed by atoms with van der Waals surface area (Å²) in [6, 6.07) is 0. The molecule has 0 aliphatic carbocycles. The van der Waals surface area contributed by atoms with E-state index in [1.807, 2.05) is 0 Å². The highest BCUT2D eigenvalue weighted by atomic mass is 127.